The summed E-state index contributed by atoms with van der Waals surface area (Å²) >= 11 is 1.77. The van der Waals surface area contributed by atoms with E-state index in [1.165, 1.54) is 10.4 Å². The minimum atomic E-state index is 0.261. The molecule has 20 heavy (non-hydrogen) atoms. The van der Waals surface area contributed by atoms with Gasteiger partial charge in [-0.2, -0.15) is 0 Å². The number of aromatic nitrogens is 2. The first-order chi connectivity index (χ1) is 9.63. The quantitative estimate of drug-likeness (QED) is 0.563. The van der Waals surface area contributed by atoms with Crippen molar-refractivity contribution in [2.45, 2.75) is 39.7 Å². The molecule has 5 nitrogen and oxygen atoms in total. The lowest BCUT2D eigenvalue weighted by molar-refractivity contribution is 0.775. The van der Waals surface area contributed by atoms with Crippen LogP contribution in [0.4, 0.5) is 11.6 Å². The van der Waals surface area contributed by atoms with Gasteiger partial charge in [0, 0.05) is 16.9 Å². The second-order valence-corrected chi connectivity index (χ2v) is 5.87. The predicted octanol–water partition coefficient (Wildman–Crippen LogP) is 3.12. The van der Waals surface area contributed by atoms with Crippen molar-refractivity contribution >= 4 is 23.0 Å². The Bertz CT molecular complexity index is 564. The van der Waals surface area contributed by atoms with Crippen molar-refractivity contribution in [3.05, 3.63) is 33.8 Å². The van der Waals surface area contributed by atoms with Gasteiger partial charge in [-0.15, -0.1) is 11.3 Å². The fraction of sp³-hybridized carbons (Fsp3) is 0.429. The van der Waals surface area contributed by atoms with Crippen LogP contribution in [-0.4, -0.2) is 9.97 Å². The highest BCUT2D eigenvalue weighted by Gasteiger charge is 2.08. The van der Waals surface area contributed by atoms with Crippen LogP contribution >= 0.6 is 11.3 Å². The maximum absolute atomic E-state index is 5.46. The number of aryl methyl sites for hydroxylation is 1. The summed E-state index contributed by atoms with van der Waals surface area (Å²) in [7, 11) is 0. The van der Waals surface area contributed by atoms with Crippen LogP contribution in [0.3, 0.4) is 0 Å². The van der Waals surface area contributed by atoms with Crippen LogP contribution in [0, 0.1) is 0 Å². The van der Waals surface area contributed by atoms with Gasteiger partial charge in [-0.3, -0.25) is 0 Å². The van der Waals surface area contributed by atoms with Gasteiger partial charge in [0.25, 0.3) is 0 Å². The molecule has 2 rings (SSSR count). The number of nitrogens with two attached hydrogens (primary N) is 1. The summed E-state index contributed by atoms with van der Waals surface area (Å²) in [5.74, 6) is 7.93. The van der Waals surface area contributed by atoms with Gasteiger partial charge in [0.1, 0.15) is 17.5 Å². The van der Waals surface area contributed by atoms with Gasteiger partial charge in [-0.25, -0.2) is 15.8 Å². The number of anilines is 2. The van der Waals surface area contributed by atoms with Crippen molar-refractivity contribution in [1.82, 2.24) is 9.97 Å². The normalized spacial score (nSPS) is 10.8. The van der Waals surface area contributed by atoms with E-state index in [0.29, 0.717) is 5.82 Å². The number of rotatable bonds is 6. The Labute approximate surface area is 123 Å². The zero-order valence-electron chi connectivity index (χ0n) is 12.1. The van der Waals surface area contributed by atoms with Crippen molar-refractivity contribution in [1.29, 1.82) is 0 Å². The molecule has 2 aromatic rings. The molecule has 0 fully saturated rings. The first-order valence-electron chi connectivity index (χ1n) is 6.78. The summed E-state index contributed by atoms with van der Waals surface area (Å²) in [5.41, 5.74) is 3.98. The van der Waals surface area contributed by atoms with E-state index in [1.807, 2.05) is 6.07 Å². The SMILES string of the molecule is CCc1ccsc1CNc1cc(NN)nc(C(C)C)n1. The second-order valence-electron chi connectivity index (χ2n) is 4.87. The molecule has 2 heterocycles. The lowest BCUT2D eigenvalue weighted by atomic mass is 10.2. The molecule has 2 aromatic heterocycles. The Morgan fingerprint density at radius 3 is 2.70 bits per heavy atom. The van der Waals surface area contributed by atoms with E-state index in [1.54, 1.807) is 11.3 Å². The van der Waals surface area contributed by atoms with Gasteiger partial charge in [-0.05, 0) is 23.4 Å². The van der Waals surface area contributed by atoms with Crippen molar-refractivity contribution in [3.63, 3.8) is 0 Å². The summed E-state index contributed by atoms with van der Waals surface area (Å²) in [6.07, 6.45) is 1.05. The van der Waals surface area contributed by atoms with Gasteiger partial charge >= 0.3 is 0 Å². The third-order valence-corrected chi connectivity index (χ3v) is 4.02. The van der Waals surface area contributed by atoms with Crippen LogP contribution in [0.15, 0.2) is 17.5 Å². The average molecular weight is 291 g/mol. The number of nitrogens with one attached hydrogen (secondary N) is 2. The molecular formula is C14H21N5S. The Hall–Kier alpha value is -1.66. The first kappa shape index (κ1) is 14.7. The molecule has 6 heteroatoms. The molecule has 0 aromatic carbocycles. The molecule has 0 spiro atoms. The van der Waals surface area contributed by atoms with Gasteiger partial charge in [0.15, 0.2) is 0 Å². The first-order valence-corrected chi connectivity index (χ1v) is 7.66. The topological polar surface area (TPSA) is 75.9 Å². The lowest BCUT2D eigenvalue weighted by Gasteiger charge is -2.11. The minimum Gasteiger partial charge on any atom is -0.365 e. The molecule has 0 amide bonds. The maximum Gasteiger partial charge on any atom is 0.145 e. The number of hydrazine groups is 1. The Kier molecular flexibility index (Phi) is 4.92. The number of hydrogen-bond donors (Lipinski definition) is 3. The largest absolute Gasteiger partial charge is 0.365 e. The van der Waals surface area contributed by atoms with E-state index in [0.717, 1.165) is 24.6 Å². The summed E-state index contributed by atoms with van der Waals surface area (Å²) in [5, 5.41) is 5.48. The smallest absolute Gasteiger partial charge is 0.145 e. The second kappa shape index (κ2) is 6.67. The van der Waals surface area contributed by atoms with Crippen LogP contribution < -0.4 is 16.6 Å². The number of hydrogen-bond acceptors (Lipinski definition) is 6. The molecule has 0 aliphatic rings. The van der Waals surface area contributed by atoms with Crippen molar-refractivity contribution in [2.24, 2.45) is 5.84 Å². The van der Waals surface area contributed by atoms with Crippen LogP contribution in [-0.2, 0) is 13.0 Å². The van der Waals surface area contributed by atoms with Crippen LogP contribution in [0.1, 0.15) is 43.0 Å². The number of nitrogen functional groups attached to an aromatic ring is 1. The summed E-state index contributed by atoms with van der Waals surface area (Å²) in [6.45, 7) is 7.07. The van der Waals surface area contributed by atoms with Gasteiger partial charge in [-0.1, -0.05) is 20.8 Å². The van der Waals surface area contributed by atoms with Crippen LogP contribution in [0.2, 0.25) is 0 Å². The van der Waals surface area contributed by atoms with Crippen LogP contribution in [0.25, 0.3) is 0 Å². The Morgan fingerprint density at radius 2 is 2.05 bits per heavy atom. The molecule has 108 valence electrons. The standard InChI is InChI=1S/C14H21N5S/c1-4-10-5-6-20-11(10)8-16-12-7-13(19-15)18-14(17-12)9(2)3/h5-7,9H,4,8,15H2,1-3H3,(H2,16,17,18,19). The Balaban J connectivity index is 2.14. The highest BCUT2D eigenvalue weighted by molar-refractivity contribution is 7.10. The molecule has 0 bridgehead atoms. The van der Waals surface area contributed by atoms with E-state index < -0.39 is 0 Å². The monoisotopic (exact) mass is 291 g/mol. The molecule has 0 aliphatic heterocycles. The van der Waals surface area contributed by atoms with Crippen LogP contribution in [0.5, 0.6) is 0 Å². The molecule has 0 saturated carbocycles. The van der Waals surface area contributed by atoms with Gasteiger partial charge in [0.05, 0.1) is 6.54 Å². The summed E-state index contributed by atoms with van der Waals surface area (Å²) < 4.78 is 0. The molecule has 0 aliphatic carbocycles. The molecule has 0 unspecified atom stereocenters. The molecule has 0 atom stereocenters. The lowest BCUT2D eigenvalue weighted by Crippen LogP contribution is -2.13. The van der Waals surface area contributed by atoms with Crippen molar-refractivity contribution in [3.8, 4) is 0 Å². The Morgan fingerprint density at radius 1 is 1.30 bits per heavy atom. The number of thiophene rings is 1. The van der Waals surface area contributed by atoms with Gasteiger partial charge < -0.3 is 10.7 Å². The number of nitrogens with zero attached hydrogens (tertiary/aromatic N) is 2. The highest BCUT2D eigenvalue weighted by atomic mass is 32.1. The van der Waals surface area contributed by atoms with E-state index in [9.17, 15) is 0 Å². The highest BCUT2D eigenvalue weighted by Crippen LogP contribution is 2.20. The van der Waals surface area contributed by atoms with E-state index in [-0.39, 0.29) is 5.92 Å². The van der Waals surface area contributed by atoms with E-state index in [2.05, 4.69) is 52.9 Å². The van der Waals surface area contributed by atoms with E-state index in [4.69, 9.17) is 5.84 Å². The van der Waals surface area contributed by atoms with Gasteiger partial charge in [0.2, 0.25) is 0 Å². The average Bonchev–Trinajstić information content (AvgIpc) is 2.92. The molecule has 0 saturated heterocycles. The fourth-order valence-corrected chi connectivity index (χ4v) is 2.81. The third-order valence-electron chi connectivity index (χ3n) is 3.06. The molecule has 4 N–H and O–H groups in total. The summed E-state index contributed by atoms with van der Waals surface area (Å²) in [4.78, 5) is 10.2. The minimum absolute atomic E-state index is 0.261. The summed E-state index contributed by atoms with van der Waals surface area (Å²) in [6, 6.07) is 4.00. The fourth-order valence-electron chi connectivity index (χ4n) is 1.90. The van der Waals surface area contributed by atoms with E-state index >= 15 is 0 Å². The van der Waals surface area contributed by atoms with Crippen molar-refractivity contribution < 1.29 is 0 Å². The molecule has 0 radical (unpaired) electrons. The van der Waals surface area contributed by atoms with Crippen molar-refractivity contribution in [2.75, 3.05) is 10.7 Å². The third kappa shape index (κ3) is 3.46. The zero-order valence-corrected chi connectivity index (χ0v) is 12.9. The zero-order chi connectivity index (χ0) is 14.5. The maximum atomic E-state index is 5.46. The molecular weight excluding hydrogens is 270 g/mol. The predicted molar refractivity (Wildman–Crippen MR) is 85.0 cm³/mol.